The second-order valence-corrected chi connectivity index (χ2v) is 10.5. The van der Waals surface area contributed by atoms with Crippen LogP contribution in [0.3, 0.4) is 0 Å². The summed E-state index contributed by atoms with van der Waals surface area (Å²) < 4.78 is 38.0. The monoisotopic (exact) mass is 311 g/mol. The van der Waals surface area contributed by atoms with Crippen molar-refractivity contribution in [2.75, 3.05) is 5.73 Å². The molecule has 1 rings (SSSR count). The van der Waals surface area contributed by atoms with Crippen molar-refractivity contribution < 1.29 is 13.2 Å². The highest BCUT2D eigenvalue weighted by Gasteiger charge is 2.33. The van der Waals surface area contributed by atoms with Gasteiger partial charge >= 0.3 is 6.18 Å². The number of nitrogen functional groups attached to an aromatic ring is 1. The fourth-order valence-corrected chi connectivity index (χ4v) is 5.57. The Morgan fingerprint density at radius 1 is 1.19 bits per heavy atom. The van der Waals surface area contributed by atoms with Crippen LogP contribution in [0.25, 0.3) is 0 Å². The van der Waals surface area contributed by atoms with Crippen molar-refractivity contribution in [2.45, 2.75) is 25.8 Å². The zero-order valence-electron chi connectivity index (χ0n) is 9.24. The van der Waals surface area contributed by atoms with E-state index in [1.54, 1.807) is 0 Å². The Bertz CT molecular complexity index is 387. The number of hydrogen-bond acceptors (Lipinski definition) is 1. The zero-order chi connectivity index (χ0) is 12.7. The SMILES string of the molecule is C[Si](C)(C)c1c(N)cc(C(F)(F)F)cc1Br. The molecule has 6 heteroatoms. The summed E-state index contributed by atoms with van der Waals surface area (Å²) in [6.45, 7) is 6.12. The van der Waals surface area contributed by atoms with E-state index < -0.39 is 19.8 Å². The Kier molecular flexibility index (Phi) is 3.45. The van der Waals surface area contributed by atoms with Crippen LogP contribution in [0.15, 0.2) is 16.6 Å². The fourth-order valence-electron chi connectivity index (χ4n) is 1.58. The Morgan fingerprint density at radius 2 is 1.69 bits per heavy atom. The fraction of sp³-hybridized carbons (Fsp3) is 0.400. The highest BCUT2D eigenvalue weighted by atomic mass is 79.9. The lowest BCUT2D eigenvalue weighted by Crippen LogP contribution is -2.40. The summed E-state index contributed by atoms with van der Waals surface area (Å²) in [7, 11) is -1.74. The molecule has 0 unspecified atom stereocenters. The normalized spacial score (nSPS) is 12.9. The van der Waals surface area contributed by atoms with E-state index in [0.29, 0.717) is 4.47 Å². The van der Waals surface area contributed by atoms with Crippen molar-refractivity contribution in [3.63, 3.8) is 0 Å². The van der Waals surface area contributed by atoms with E-state index in [-0.39, 0.29) is 5.69 Å². The molecule has 1 nitrogen and oxygen atoms in total. The van der Waals surface area contributed by atoms with Gasteiger partial charge in [0.2, 0.25) is 0 Å². The van der Waals surface area contributed by atoms with Gasteiger partial charge in [-0.2, -0.15) is 13.2 Å². The molecule has 0 bridgehead atoms. The van der Waals surface area contributed by atoms with Gasteiger partial charge in [-0.05, 0) is 17.3 Å². The van der Waals surface area contributed by atoms with Gasteiger partial charge in [0, 0.05) is 10.2 Å². The maximum Gasteiger partial charge on any atom is 0.416 e. The summed E-state index contributed by atoms with van der Waals surface area (Å²) in [5, 5.41) is 0.834. The van der Waals surface area contributed by atoms with Gasteiger partial charge in [-0.3, -0.25) is 0 Å². The highest BCUT2D eigenvalue weighted by Crippen LogP contribution is 2.32. The summed E-state index contributed by atoms with van der Waals surface area (Å²) in [6.07, 6.45) is -4.35. The van der Waals surface area contributed by atoms with E-state index in [4.69, 9.17) is 5.73 Å². The van der Waals surface area contributed by atoms with E-state index in [1.807, 2.05) is 19.6 Å². The van der Waals surface area contributed by atoms with E-state index >= 15 is 0 Å². The lowest BCUT2D eigenvalue weighted by molar-refractivity contribution is -0.137. The maximum atomic E-state index is 12.5. The third kappa shape index (κ3) is 2.79. The lowest BCUT2D eigenvalue weighted by Gasteiger charge is -2.22. The zero-order valence-corrected chi connectivity index (χ0v) is 11.8. The molecule has 0 atom stereocenters. The van der Waals surface area contributed by atoms with Gasteiger partial charge in [0.25, 0.3) is 0 Å². The number of benzene rings is 1. The summed E-state index contributed by atoms with van der Waals surface area (Å²) in [4.78, 5) is 0. The molecule has 0 aliphatic carbocycles. The maximum absolute atomic E-state index is 12.5. The first kappa shape index (κ1) is 13.6. The second kappa shape index (κ2) is 4.07. The summed E-state index contributed by atoms with van der Waals surface area (Å²) >= 11 is 3.18. The van der Waals surface area contributed by atoms with Gasteiger partial charge in [0.15, 0.2) is 0 Å². The molecule has 0 saturated carbocycles. The first-order valence-corrected chi connectivity index (χ1v) is 8.99. The minimum atomic E-state index is -4.35. The first-order chi connectivity index (χ1) is 7.03. The number of anilines is 1. The predicted octanol–water partition coefficient (Wildman–Crippen LogP) is 3.60. The van der Waals surface area contributed by atoms with Gasteiger partial charge in [0.05, 0.1) is 13.6 Å². The van der Waals surface area contributed by atoms with Crippen molar-refractivity contribution in [3.8, 4) is 0 Å². The molecule has 0 fully saturated rings. The van der Waals surface area contributed by atoms with Gasteiger partial charge in [-0.25, -0.2) is 0 Å². The summed E-state index contributed by atoms with van der Waals surface area (Å²) in [5.74, 6) is 0. The Balaban J connectivity index is 3.41. The minimum Gasteiger partial charge on any atom is -0.399 e. The quantitative estimate of drug-likeness (QED) is 0.622. The number of alkyl halides is 3. The third-order valence-electron chi connectivity index (χ3n) is 2.20. The molecule has 0 spiro atoms. The van der Waals surface area contributed by atoms with Crippen molar-refractivity contribution in [1.82, 2.24) is 0 Å². The van der Waals surface area contributed by atoms with Crippen LogP contribution in [0.5, 0.6) is 0 Å². The molecule has 0 heterocycles. The average Bonchev–Trinajstić information content (AvgIpc) is 1.97. The largest absolute Gasteiger partial charge is 0.416 e. The van der Waals surface area contributed by atoms with Crippen LogP contribution >= 0.6 is 15.9 Å². The number of rotatable bonds is 1. The van der Waals surface area contributed by atoms with Crippen LogP contribution in [0.1, 0.15) is 5.56 Å². The first-order valence-electron chi connectivity index (χ1n) is 4.70. The van der Waals surface area contributed by atoms with E-state index in [2.05, 4.69) is 15.9 Å². The van der Waals surface area contributed by atoms with Crippen molar-refractivity contribution in [1.29, 1.82) is 0 Å². The van der Waals surface area contributed by atoms with Crippen molar-refractivity contribution in [3.05, 3.63) is 22.2 Å². The molecule has 16 heavy (non-hydrogen) atoms. The molecular formula is C10H13BrF3NSi. The van der Waals surface area contributed by atoms with Gasteiger partial charge in [0.1, 0.15) is 0 Å². The summed E-state index contributed by atoms with van der Waals surface area (Å²) in [6, 6.07) is 2.11. The highest BCUT2D eigenvalue weighted by molar-refractivity contribution is 9.10. The molecule has 90 valence electrons. The van der Waals surface area contributed by atoms with Gasteiger partial charge < -0.3 is 5.73 Å². The molecule has 0 aromatic heterocycles. The second-order valence-electron chi connectivity index (χ2n) is 4.67. The predicted molar refractivity (Wildman–Crippen MR) is 66.5 cm³/mol. The molecule has 0 radical (unpaired) electrons. The Morgan fingerprint density at radius 3 is 2.00 bits per heavy atom. The topological polar surface area (TPSA) is 26.0 Å². The number of halogens is 4. The van der Waals surface area contributed by atoms with Crippen LogP contribution in [0, 0.1) is 0 Å². The van der Waals surface area contributed by atoms with E-state index in [1.165, 1.54) is 0 Å². The van der Waals surface area contributed by atoms with Gasteiger partial charge in [-0.15, -0.1) is 0 Å². The molecule has 0 aliphatic heterocycles. The molecular weight excluding hydrogens is 299 g/mol. The molecule has 1 aromatic carbocycles. The van der Waals surface area contributed by atoms with E-state index in [0.717, 1.165) is 17.3 Å². The molecule has 1 aromatic rings. The van der Waals surface area contributed by atoms with Crippen LogP contribution in [-0.2, 0) is 6.18 Å². The van der Waals surface area contributed by atoms with Crippen molar-refractivity contribution >= 4 is 34.9 Å². The van der Waals surface area contributed by atoms with Crippen molar-refractivity contribution in [2.24, 2.45) is 0 Å². The number of nitrogens with two attached hydrogens (primary N) is 1. The van der Waals surface area contributed by atoms with E-state index in [9.17, 15) is 13.2 Å². The van der Waals surface area contributed by atoms with Gasteiger partial charge in [-0.1, -0.05) is 35.6 Å². The lowest BCUT2D eigenvalue weighted by atomic mass is 10.2. The smallest absolute Gasteiger partial charge is 0.399 e. The summed E-state index contributed by atoms with van der Waals surface area (Å²) in [5.41, 5.74) is 5.22. The Hall–Kier alpha value is -0.493. The van der Waals surface area contributed by atoms with Crippen LogP contribution in [0.2, 0.25) is 19.6 Å². The third-order valence-corrected chi connectivity index (χ3v) is 5.25. The molecule has 0 aliphatic rings. The molecule has 2 N–H and O–H groups in total. The molecule has 0 saturated heterocycles. The Labute approximate surface area is 102 Å². The number of hydrogen-bond donors (Lipinski definition) is 1. The average molecular weight is 312 g/mol. The standard InChI is InChI=1S/C10H13BrF3NSi/c1-16(2,3)9-7(11)4-6(5-8(9)15)10(12,13)14/h4-5H,15H2,1-3H3. The van der Waals surface area contributed by atoms with Crippen LogP contribution < -0.4 is 10.9 Å². The van der Waals surface area contributed by atoms with Crippen LogP contribution in [-0.4, -0.2) is 8.07 Å². The molecule has 0 amide bonds. The minimum absolute atomic E-state index is 0.223. The van der Waals surface area contributed by atoms with Crippen LogP contribution in [0.4, 0.5) is 18.9 Å².